The third-order valence-electron chi connectivity index (χ3n) is 5.74. The zero-order valence-electron chi connectivity index (χ0n) is 18.2. The van der Waals surface area contributed by atoms with E-state index in [9.17, 15) is 15.6 Å². The number of nitrogen functional groups attached to an aromatic ring is 1. The number of rotatable bonds is 6. The maximum Gasteiger partial charge on any atom is 0.236 e. The molecule has 2 aromatic carbocycles. The molecule has 0 amide bonds. The molecule has 0 aliphatic heterocycles. The first-order valence-electron chi connectivity index (χ1n) is 10.7. The Labute approximate surface area is 202 Å². The number of nitriles is 2. The van der Waals surface area contributed by atoms with Crippen molar-refractivity contribution in [2.75, 3.05) is 5.73 Å². The number of nitrogens with zero attached hydrogens (tertiary/aromatic N) is 4. The molecule has 3 N–H and O–H groups in total. The van der Waals surface area contributed by atoms with Crippen LogP contribution in [0.4, 0.5) is 11.5 Å². The van der Waals surface area contributed by atoms with Crippen molar-refractivity contribution >= 4 is 23.3 Å². The van der Waals surface area contributed by atoms with E-state index in [1.807, 2.05) is 12.1 Å². The lowest BCUT2D eigenvalue weighted by atomic mass is 10.00. The standard InChI is InChI=1S/C26H21N5O2S/c1-30-24-23(16-9-11-19(12-10-16)33-22-8-4-7-21(22)32)20(14-28)26(31-25(24)29)34-15-18-6-3-2-5-17(18)13-27/h2-3,5-6,9-12,21-22,32H,4,7-8,15H2,(H2,29,31)/t21-,22-/m0/s1. The van der Waals surface area contributed by atoms with E-state index in [-0.39, 0.29) is 23.2 Å². The average molecular weight is 468 g/mol. The number of ether oxygens (including phenoxy) is 1. The van der Waals surface area contributed by atoms with Crippen molar-refractivity contribution < 1.29 is 9.84 Å². The van der Waals surface area contributed by atoms with Crippen LogP contribution in [-0.2, 0) is 5.75 Å². The zero-order chi connectivity index (χ0) is 24.1. The van der Waals surface area contributed by atoms with Crippen molar-refractivity contribution in [3.63, 3.8) is 0 Å². The Bertz CT molecular complexity index is 1340. The van der Waals surface area contributed by atoms with Crippen LogP contribution in [-0.4, -0.2) is 22.3 Å². The van der Waals surface area contributed by atoms with Crippen molar-refractivity contribution in [3.05, 3.63) is 76.6 Å². The molecule has 8 heteroatoms. The van der Waals surface area contributed by atoms with E-state index in [1.54, 1.807) is 36.4 Å². The summed E-state index contributed by atoms with van der Waals surface area (Å²) >= 11 is 1.30. The molecule has 3 aromatic rings. The number of aliphatic hydroxyl groups is 1. The summed E-state index contributed by atoms with van der Waals surface area (Å²) in [4.78, 5) is 7.89. The maximum atomic E-state index is 10.0. The number of benzene rings is 2. The van der Waals surface area contributed by atoms with Gasteiger partial charge in [-0.1, -0.05) is 30.3 Å². The van der Waals surface area contributed by atoms with Crippen LogP contribution in [0, 0.1) is 29.2 Å². The smallest absolute Gasteiger partial charge is 0.236 e. The van der Waals surface area contributed by atoms with Crippen LogP contribution < -0.4 is 10.5 Å². The molecule has 0 spiro atoms. The van der Waals surface area contributed by atoms with E-state index in [0.717, 1.165) is 24.8 Å². The molecule has 0 saturated heterocycles. The number of thioether (sulfide) groups is 1. The summed E-state index contributed by atoms with van der Waals surface area (Å²) in [6.45, 7) is 7.62. The molecule has 7 nitrogen and oxygen atoms in total. The first-order valence-corrected chi connectivity index (χ1v) is 11.7. The Hall–Kier alpha value is -4.03. The van der Waals surface area contributed by atoms with Crippen molar-refractivity contribution in [2.24, 2.45) is 0 Å². The minimum atomic E-state index is -0.468. The van der Waals surface area contributed by atoms with Gasteiger partial charge >= 0.3 is 0 Å². The van der Waals surface area contributed by atoms with E-state index in [2.05, 4.69) is 22.0 Å². The number of anilines is 1. The number of hydrogen-bond acceptors (Lipinski definition) is 7. The minimum absolute atomic E-state index is 0.0504. The molecule has 0 unspecified atom stereocenters. The van der Waals surface area contributed by atoms with Gasteiger partial charge in [0.1, 0.15) is 28.8 Å². The van der Waals surface area contributed by atoms with Gasteiger partial charge < -0.3 is 15.6 Å². The minimum Gasteiger partial charge on any atom is -0.488 e. The zero-order valence-corrected chi connectivity index (χ0v) is 19.0. The van der Waals surface area contributed by atoms with E-state index in [1.165, 1.54) is 11.8 Å². The highest BCUT2D eigenvalue weighted by Crippen LogP contribution is 2.42. The monoisotopic (exact) mass is 467 g/mol. The molecule has 168 valence electrons. The number of hydrogen-bond donors (Lipinski definition) is 2. The lowest BCUT2D eigenvalue weighted by Gasteiger charge is -2.18. The van der Waals surface area contributed by atoms with Gasteiger partial charge in [-0.2, -0.15) is 10.5 Å². The summed E-state index contributed by atoms with van der Waals surface area (Å²) in [6, 6.07) is 18.7. The highest BCUT2D eigenvalue weighted by Gasteiger charge is 2.27. The van der Waals surface area contributed by atoms with Gasteiger partial charge in [0.15, 0.2) is 0 Å². The average Bonchev–Trinajstić information content (AvgIpc) is 3.27. The SMILES string of the molecule is [C-]#[N+]c1c(N)nc(SCc2ccccc2C#N)c(C#N)c1-c1ccc(O[C@H]2CCC[C@@H]2O)cc1. The van der Waals surface area contributed by atoms with Gasteiger partial charge in [-0.25, -0.2) is 9.83 Å². The molecule has 1 aliphatic rings. The summed E-state index contributed by atoms with van der Waals surface area (Å²) in [5, 5.41) is 29.8. The van der Waals surface area contributed by atoms with Gasteiger partial charge in [-0.15, -0.1) is 11.8 Å². The fraction of sp³-hybridized carbons (Fsp3) is 0.231. The Morgan fingerprint density at radius 2 is 1.91 bits per heavy atom. The molecule has 1 aromatic heterocycles. The van der Waals surface area contributed by atoms with Crippen LogP contribution in [0.3, 0.4) is 0 Å². The predicted molar refractivity (Wildman–Crippen MR) is 130 cm³/mol. The van der Waals surface area contributed by atoms with Crippen LogP contribution in [0.1, 0.15) is 36.0 Å². The number of aliphatic hydroxyl groups excluding tert-OH is 1. The fourth-order valence-corrected chi connectivity index (χ4v) is 4.99. The third-order valence-corrected chi connectivity index (χ3v) is 6.76. The Morgan fingerprint density at radius 3 is 2.56 bits per heavy atom. The number of nitrogens with two attached hydrogens (primary N) is 1. The topological polar surface area (TPSA) is 120 Å². The molecular weight excluding hydrogens is 446 g/mol. The second kappa shape index (κ2) is 10.3. The maximum absolute atomic E-state index is 10.0. The molecule has 1 heterocycles. The predicted octanol–water partition coefficient (Wildman–Crippen LogP) is 5.21. The van der Waals surface area contributed by atoms with Crippen LogP contribution in [0.5, 0.6) is 5.75 Å². The summed E-state index contributed by atoms with van der Waals surface area (Å²) in [6.07, 6.45) is 1.77. The highest BCUT2D eigenvalue weighted by molar-refractivity contribution is 7.98. The molecule has 0 radical (unpaired) electrons. The normalized spacial score (nSPS) is 16.9. The summed E-state index contributed by atoms with van der Waals surface area (Å²) in [7, 11) is 0. The van der Waals surface area contributed by atoms with Crippen LogP contribution in [0.2, 0.25) is 0 Å². The summed E-state index contributed by atoms with van der Waals surface area (Å²) < 4.78 is 5.91. The van der Waals surface area contributed by atoms with Gasteiger partial charge in [0, 0.05) is 11.3 Å². The van der Waals surface area contributed by atoms with E-state index >= 15 is 0 Å². The third kappa shape index (κ3) is 4.67. The van der Waals surface area contributed by atoms with Crippen LogP contribution >= 0.6 is 11.8 Å². The largest absolute Gasteiger partial charge is 0.488 e. The van der Waals surface area contributed by atoms with E-state index < -0.39 is 6.10 Å². The molecule has 0 bridgehead atoms. The molecule has 34 heavy (non-hydrogen) atoms. The Balaban J connectivity index is 1.68. The second-order valence-corrected chi connectivity index (χ2v) is 8.83. The van der Waals surface area contributed by atoms with Gasteiger partial charge in [-0.3, -0.25) is 0 Å². The van der Waals surface area contributed by atoms with Crippen LogP contribution in [0.25, 0.3) is 16.0 Å². The Kier molecular flexibility index (Phi) is 6.99. The van der Waals surface area contributed by atoms with Gasteiger partial charge in [0.2, 0.25) is 5.69 Å². The Morgan fingerprint density at radius 1 is 1.15 bits per heavy atom. The quantitative estimate of drug-likeness (QED) is 0.377. The molecule has 4 rings (SSSR count). The van der Waals surface area contributed by atoms with Gasteiger partial charge in [0.25, 0.3) is 0 Å². The first kappa shape index (κ1) is 23.1. The van der Waals surface area contributed by atoms with E-state index in [4.69, 9.17) is 17.0 Å². The lowest BCUT2D eigenvalue weighted by Crippen LogP contribution is -2.25. The molecule has 2 atom stereocenters. The lowest BCUT2D eigenvalue weighted by molar-refractivity contribution is 0.0604. The second-order valence-electron chi connectivity index (χ2n) is 7.86. The fourth-order valence-electron chi connectivity index (χ4n) is 3.99. The molecule has 1 saturated carbocycles. The van der Waals surface area contributed by atoms with Crippen molar-refractivity contribution in [1.29, 1.82) is 10.5 Å². The van der Waals surface area contributed by atoms with Crippen molar-refractivity contribution in [2.45, 2.75) is 42.2 Å². The van der Waals surface area contributed by atoms with Crippen molar-refractivity contribution in [1.82, 2.24) is 4.98 Å². The molecular formula is C26H21N5O2S. The van der Waals surface area contributed by atoms with Crippen LogP contribution in [0.15, 0.2) is 53.6 Å². The first-order chi connectivity index (χ1) is 16.5. The number of aromatic nitrogens is 1. The van der Waals surface area contributed by atoms with Gasteiger partial charge in [0.05, 0.1) is 29.9 Å². The van der Waals surface area contributed by atoms with Crippen molar-refractivity contribution in [3.8, 4) is 29.0 Å². The van der Waals surface area contributed by atoms with E-state index in [0.29, 0.717) is 33.2 Å². The summed E-state index contributed by atoms with van der Waals surface area (Å²) in [5.74, 6) is 1.09. The molecule has 1 fully saturated rings. The summed E-state index contributed by atoms with van der Waals surface area (Å²) in [5.41, 5.74) is 8.96. The highest BCUT2D eigenvalue weighted by atomic mass is 32.2. The number of pyridine rings is 1. The van der Waals surface area contributed by atoms with Gasteiger partial charge in [-0.05, 0) is 48.6 Å². The molecule has 1 aliphatic carbocycles.